The van der Waals surface area contributed by atoms with Crippen LogP contribution in [0.4, 0.5) is 0 Å². The number of rotatable bonds is 3. The molecule has 1 aliphatic heterocycles. The summed E-state index contributed by atoms with van der Waals surface area (Å²) in [6, 6.07) is 8.43. The SMILES string of the molecule is Cc1nc(-c2ncccn2)sc1C(=O)N1Cc2ccccc2CC1C(=O)O. The van der Waals surface area contributed by atoms with E-state index in [0.717, 1.165) is 11.1 Å². The first kappa shape index (κ1) is 17.3. The minimum absolute atomic E-state index is 0.264. The third kappa shape index (κ3) is 3.19. The van der Waals surface area contributed by atoms with Gasteiger partial charge in [0.25, 0.3) is 5.91 Å². The Morgan fingerprint density at radius 2 is 1.85 bits per heavy atom. The third-order valence-corrected chi connectivity index (χ3v) is 5.68. The Morgan fingerprint density at radius 3 is 2.56 bits per heavy atom. The van der Waals surface area contributed by atoms with Gasteiger partial charge >= 0.3 is 5.97 Å². The van der Waals surface area contributed by atoms with E-state index in [1.54, 1.807) is 25.4 Å². The normalized spacial score (nSPS) is 16.0. The highest BCUT2D eigenvalue weighted by atomic mass is 32.1. The van der Waals surface area contributed by atoms with Crippen LogP contribution in [0.2, 0.25) is 0 Å². The fraction of sp³-hybridized carbons (Fsp3) is 0.211. The number of nitrogens with zero attached hydrogens (tertiary/aromatic N) is 4. The van der Waals surface area contributed by atoms with Gasteiger partial charge in [-0.05, 0) is 24.1 Å². The highest BCUT2D eigenvalue weighted by molar-refractivity contribution is 7.17. The lowest BCUT2D eigenvalue weighted by Crippen LogP contribution is -2.48. The Hall–Kier alpha value is -3.13. The molecule has 3 heterocycles. The summed E-state index contributed by atoms with van der Waals surface area (Å²) in [5.74, 6) is -0.885. The molecule has 4 rings (SSSR count). The Balaban J connectivity index is 1.69. The molecule has 0 saturated heterocycles. The van der Waals surface area contributed by atoms with Crippen molar-refractivity contribution in [2.24, 2.45) is 0 Å². The number of hydrogen-bond acceptors (Lipinski definition) is 6. The van der Waals surface area contributed by atoms with E-state index in [2.05, 4.69) is 15.0 Å². The molecule has 27 heavy (non-hydrogen) atoms. The first-order valence-electron chi connectivity index (χ1n) is 8.40. The van der Waals surface area contributed by atoms with Crippen LogP contribution in [0.3, 0.4) is 0 Å². The van der Waals surface area contributed by atoms with Gasteiger partial charge < -0.3 is 10.0 Å². The Bertz CT molecular complexity index is 1020. The first-order chi connectivity index (χ1) is 13.0. The van der Waals surface area contributed by atoms with Crippen molar-refractivity contribution in [1.29, 1.82) is 0 Å². The second-order valence-corrected chi connectivity index (χ2v) is 7.26. The summed E-state index contributed by atoms with van der Waals surface area (Å²) in [7, 11) is 0. The number of carboxylic acids is 1. The van der Waals surface area contributed by atoms with Gasteiger partial charge in [-0.3, -0.25) is 4.79 Å². The van der Waals surface area contributed by atoms with Gasteiger partial charge in [-0.1, -0.05) is 24.3 Å². The van der Waals surface area contributed by atoms with E-state index in [-0.39, 0.29) is 12.5 Å². The predicted octanol–water partition coefficient (Wildman–Crippen LogP) is 2.56. The maximum atomic E-state index is 13.2. The number of aryl methyl sites for hydroxylation is 1. The second kappa shape index (κ2) is 6.88. The minimum Gasteiger partial charge on any atom is -0.480 e. The molecule has 1 aliphatic rings. The fourth-order valence-corrected chi connectivity index (χ4v) is 4.16. The molecule has 3 aromatic rings. The van der Waals surface area contributed by atoms with Gasteiger partial charge in [0.05, 0.1) is 5.69 Å². The van der Waals surface area contributed by atoms with Gasteiger partial charge in [0.1, 0.15) is 10.9 Å². The summed E-state index contributed by atoms with van der Waals surface area (Å²) in [5, 5.41) is 10.2. The Kier molecular flexibility index (Phi) is 4.41. The summed E-state index contributed by atoms with van der Waals surface area (Å²) in [5.41, 5.74) is 2.49. The van der Waals surface area contributed by atoms with Crippen LogP contribution in [0.1, 0.15) is 26.5 Å². The van der Waals surface area contributed by atoms with E-state index in [1.807, 2.05) is 24.3 Å². The maximum absolute atomic E-state index is 13.2. The van der Waals surface area contributed by atoms with E-state index >= 15 is 0 Å². The topological polar surface area (TPSA) is 96.3 Å². The van der Waals surface area contributed by atoms with Crippen molar-refractivity contribution in [3.05, 3.63) is 64.4 Å². The molecule has 0 spiro atoms. The lowest BCUT2D eigenvalue weighted by atomic mass is 9.94. The summed E-state index contributed by atoms with van der Waals surface area (Å²) >= 11 is 1.19. The summed E-state index contributed by atoms with van der Waals surface area (Å²) in [6.45, 7) is 2.00. The van der Waals surface area contributed by atoms with Crippen molar-refractivity contribution in [1.82, 2.24) is 19.9 Å². The lowest BCUT2D eigenvalue weighted by Gasteiger charge is -2.34. The smallest absolute Gasteiger partial charge is 0.326 e. The highest BCUT2D eigenvalue weighted by Gasteiger charge is 2.36. The average molecular weight is 380 g/mol. The number of aliphatic carboxylic acids is 1. The molecule has 1 aromatic carbocycles. The molecule has 7 nitrogen and oxygen atoms in total. The molecular formula is C19H16N4O3S. The van der Waals surface area contributed by atoms with Crippen molar-refractivity contribution in [2.75, 3.05) is 0 Å². The van der Waals surface area contributed by atoms with Crippen LogP contribution in [0.5, 0.6) is 0 Å². The average Bonchev–Trinajstić information content (AvgIpc) is 3.08. The summed E-state index contributed by atoms with van der Waals surface area (Å²) < 4.78 is 0. The van der Waals surface area contributed by atoms with Crippen molar-refractivity contribution < 1.29 is 14.7 Å². The molecule has 1 unspecified atom stereocenters. The van der Waals surface area contributed by atoms with Crippen LogP contribution in [0.15, 0.2) is 42.7 Å². The number of benzene rings is 1. The molecule has 8 heteroatoms. The zero-order valence-corrected chi connectivity index (χ0v) is 15.3. The van der Waals surface area contributed by atoms with E-state index < -0.39 is 12.0 Å². The van der Waals surface area contributed by atoms with Crippen LogP contribution in [-0.4, -0.2) is 42.9 Å². The summed E-state index contributed by atoms with van der Waals surface area (Å²) in [6.07, 6.45) is 3.52. The van der Waals surface area contributed by atoms with E-state index in [4.69, 9.17) is 0 Å². The van der Waals surface area contributed by atoms with Crippen molar-refractivity contribution in [2.45, 2.75) is 25.9 Å². The first-order valence-corrected chi connectivity index (χ1v) is 9.21. The van der Waals surface area contributed by atoms with Gasteiger partial charge in [0.2, 0.25) is 0 Å². The summed E-state index contributed by atoms with van der Waals surface area (Å²) in [4.78, 5) is 39.6. The quantitative estimate of drug-likeness (QED) is 0.750. The van der Waals surface area contributed by atoms with Gasteiger partial charge in [-0.2, -0.15) is 0 Å². The van der Waals surface area contributed by atoms with E-state index in [1.165, 1.54) is 16.2 Å². The van der Waals surface area contributed by atoms with Crippen molar-refractivity contribution >= 4 is 23.2 Å². The van der Waals surface area contributed by atoms with Gasteiger partial charge in [0.15, 0.2) is 10.8 Å². The standard InChI is InChI=1S/C19H16N4O3S/c1-11-15(27-17(22-11)16-20-7-4-8-21-16)18(24)23-10-13-6-3-2-5-12(13)9-14(23)19(25)26/h2-8,14H,9-10H2,1H3,(H,25,26). The lowest BCUT2D eigenvalue weighted by molar-refractivity contribution is -0.142. The predicted molar refractivity (Wildman–Crippen MR) is 99.3 cm³/mol. The maximum Gasteiger partial charge on any atom is 0.326 e. The number of carboxylic acid groups (broad SMARTS) is 1. The molecular weight excluding hydrogens is 364 g/mol. The van der Waals surface area contributed by atoms with Gasteiger partial charge in [-0.15, -0.1) is 11.3 Å². The molecule has 136 valence electrons. The van der Waals surface area contributed by atoms with Gasteiger partial charge in [0, 0.05) is 25.4 Å². The molecule has 1 atom stereocenters. The van der Waals surface area contributed by atoms with Crippen LogP contribution in [0, 0.1) is 6.92 Å². The zero-order valence-electron chi connectivity index (χ0n) is 14.5. The number of aromatic nitrogens is 3. The fourth-order valence-electron chi connectivity index (χ4n) is 3.19. The molecule has 0 radical (unpaired) electrons. The van der Waals surface area contributed by atoms with Crippen LogP contribution in [0.25, 0.3) is 10.8 Å². The number of carbonyl (C=O) groups excluding carboxylic acids is 1. The third-order valence-electron chi connectivity index (χ3n) is 4.54. The minimum atomic E-state index is -1.01. The van der Waals surface area contributed by atoms with Gasteiger partial charge in [-0.25, -0.2) is 19.7 Å². The number of hydrogen-bond donors (Lipinski definition) is 1. The van der Waals surface area contributed by atoms with E-state index in [0.29, 0.717) is 27.8 Å². The molecule has 0 fully saturated rings. The Labute approximate surface area is 159 Å². The molecule has 1 amide bonds. The number of thiazole rings is 1. The van der Waals surface area contributed by atoms with Crippen molar-refractivity contribution in [3.8, 4) is 10.8 Å². The highest BCUT2D eigenvalue weighted by Crippen LogP contribution is 2.30. The van der Waals surface area contributed by atoms with Crippen LogP contribution in [-0.2, 0) is 17.8 Å². The molecule has 0 aliphatic carbocycles. The molecule has 0 saturated carbocycles. The number of carbonyl (C=O) groups is 2. The Morgan fingerprint density at radius 1 is 1.15 bits per heavy atom. The molecule has 0 bridgehead atoms. The number of amides is 1. The van der Waals surface area contributed by atoms with E-state index in [9.17, 15) is 14.7 Å². The largest absolute Gasteiger partial charge is 0.480 e. The zero-order chi connectivity index (χ0) is 19.0. The molecule has 1 N–H and O–H groups in total. The van der Waals surface area contributed by atoms with Crippen molar-refractivity contribution in [3.63, 3.8) is 0 Å². The second-order valence-electron chi connectivity index (χ2n) is 6.27. The van der Waals surface area contributed by atoms with Crippen LogP contribution < -0.4 is 0 Å². The van der Waals surface area contributed by atoms with Crippen LogP contribution >= 0.6 is 11.3 Å². The molecule has 2 aromatic heterocycles. The monoisotopic (exact) mass is 380 g/mol. The number of fused-ring (bicyclic) bond motifs is 1.